The van der Waals surface area contributed by atoms with Crippen LogP contribution in [0.1, 0.15) is 25.3 Å². The van der Waals surface area contributed by atoms with Crippen molar-refractivity contribution < 1.29 is 9.84 Å². The Hall–Kier alpha value is -1.06. The molecule has 1 aliphatic heterocycles. The number of hydrogen-bond acceptors (Lipinski definition) is 3. The van der Waals surface area contributed by atoms with Crippen LogP contribution in [0.25, 0.3) is 0 Å². The number of hydrogen-bond donors (Lipinski definition) is 2. The number of aromatic hydroxyl groups is 1. The number of benzene rings is 1. The molecule has 0 radical (unpaired) electrons. The Morgan fingerprint density at radius 2 is 2.12 bits per heavy atom. The lowest BCUT2D eigenvalue weighted by atomic mass is 9.96. The minimum atomic E-state index is -0.0455. The number of phenols is 1. The molecule has 3 nitrogen and oxygen atoms in total. The molecule has 1 atom stereocenters. The van der Waals surface area contributed by atoms with E-state index in [0.717, 1.165) is 25.1 Å². The Balaban J connectivity index is 1.88. The SMILES string of the molecule is CC1(OCc2ccc(O)cc2)CCCNC1. The maximum Gasteiger partial charge on any atom is 0.115 e. The molecule has 1 saturated heterocycles. The molecule has 1 unspecified atom stereocenters. The lowest BCUT2D eigenvalue weighted by molar-refractivity contribution is -0.0571. The van der Waals surface area contributed by atoms with E-state index in [2.05, 4.69) is 12.2 Å². The second kappa shape index (κ2) is 4.85. The van der Waals surface area contributed by atoms with Crippen molar-refractivity contribution in [1.29, 1.82) is 0 Å². The van der Waals surface area contributed by atoms with Crippen molar-refractivity contribution >= 4 is 0 Å². The zero-order valence-electron chi connectivity index (χ0n) is 9.70. The molecule has 1 fully saturated rings. The maximum atomic E-state index is 9.17. The zero-order valence-corrected chi connectivity index (χ0v) is 9.70. The van der Waals surface area contributed by atoms with Gasteiger partial charge in [0.15, 0.2) is 0 Å². The molecular formula is C13H19NO2. The van der Waals surface area contributed by atoms with Gasteiger partial charge in [0.25, 0.3) is 0 Å². The Morgan fingerprint density at radius 1 is 1.38 bits per heavy atom. The Kier molecular flexibility index (Phi) is 3.46. The summed E-state index contributed by atoms with van der Waals surface area (Å²) in [5.74, 6) is 0.300. The fourth-order valence-electron chi connectivity index (χ4n) is 2.00. The number of nitrogens with one attached hydrogen (secondary N) is 1. The Labute approximate surface area is 96.4 Å². The quantitative estimate of drug-likeness (QED) is 0.820. The Morgan fingerprint density at radius 3 is 2.75 bits per heavy atom. The first-order valence-corrected chi connectivity index (χ1v) is 5.81. The van der Waals surface area contributed by atoms with Crippen LogP contribution in [-0.2, 0) is 11.3 Å². The zero-order chi connectivity index (χ0) is 11.4. The third kappa shape index (κ3) is 2.97. The van der Waals surface area contributed by atoms with Crippen LogP contribution in [0.15, 0.2) is 24.3 Å². The van der Waals surface area contributed by atoms with Gasteiger partial charge in [-0.2, -0.15) is 0 Å². The second-order valence-corrected chi connectivity index (χ2v) is 4.69. The van der Waals surface area contributed by atoms with E-state index >= 15 is 0 Å². The molecule has 88 valence electrons. The summed E-state index contributed by atoms with van der Waals surface area (Å²) in [6.45, 7) is 4.78. The van der Waals surface area contributed by atoms with E-state index < -0.39 is 0 Å². The van der Waals surface area contributed by atoms with Gasteiger partial charge in [-0.15, -0.1) is 0 Å². The molecule has 2 N–H and O–H groups in total. The van der Waals surface area contributed by atoms with Crippen LogP contribution in [0.5, 0.6) is 5.75 Å². The van der Waals surface area contributed by atoms with E-state index in [9.17, 15) is 5.11 Å². The average molecular weight is 221 g/mol. The molecule has 0 spiro atoms. The topological polar surface area (TPSA) is 41.5 Å². The molecule has 16 heavy (non-hydrogen) atoms. The second-order valence-electron chi connectivity index (χ2n) is 4.69. The summed E-state index contributed by atoms with van der Waals surface area (Å²) in [6.07, 6.45) is 2.28. The Bertz CT molecular complexity index is 328. The van der Waals surface area contributed by atoms with Gasteiger partial charge in [0, 0.05) is 6.54 Å². The highest BCUT2D eigenvalue weighted by molar-refractivity contribution is 5.25. The van der Waals surface area contributed by atoms with E-state index in [1.807, 2.05) is 12.1 Å². The summed E-state index contributed by atoms with van der Waals surface area (Å²) in [5, 5.41) is 12.5. The largest absolute Gasteiger partial charge is 0.508 e. The molecule has 0 aromatic heterocycles. The minimum Gasteiger partial charge on any atom is -0.508 e. The molecular weight excluding hydrogens is 202 g/mol. The van der Waals surface area contributed by atoms with Crippen molar-refractivity contribution in [3.05, 3.63) is 29.8 Å². The minimum absolute atomic E-state index is 0.0455. The van der Waals surface area contributed by atoms with Gasteiger partial charge < -0.3 is 15.2 Å². The first-order valence-electron chi connectivity index (χ1n) is 5.81. The van der Waals surface area contributed by atoms with Crippen LogP contribution >= 0.6 is 0 Å². The van der Waals surface area contributed by atoms with E-state index in [1.165, 1.54) is 6.42 Å². The number of phenolic OH excluding ortho intramolecular Hbond substituents is 1. The normalized spacial score (nSPS) is 25.6. The van der Waals surface area contributed by atoms with Crippen molar-refractivity contribution in [3.63, 3.8) is 0 Å². The molecule has 1 aliphatic rings. The number of rotatable bonds is 3. The van der Waals surface area contributed by atoms with Gasteiger partial charge in [-0.3, -0.25) is 0 Å². The van der Waals surface area contributed by atoms with Crippen LogP contribution in [-0.4, -0.2) is 23.8 Å². The van der Waals surface area contributed by atoms with Crippen LogP contribution in [0.2, 0.25) is 0 Å². The highest BCUT2D eigenvalue weighted by atomic mass is 16.5. The predicted octanol–water partition coefficient (Wildman–Crippen LogP) is 2.05. The third-order valence-electron chi connectivity index (χ3n) is 3.08. The number of piperidine rings is 1. The summed E-state index contributed by atoms with van der Waals surface area (Å²) in [4.78, 5) is 0. The van der Waals surface area contributed by atoms with Gasteiger partial charge in [0.05, 0.1) is 12.2 Å². The summed E-state index contributed by atoms with van der Waals surface area (Å²) in [6, 6.07) is 7.18. The van der Waals surface area contributed by atoms with Crippen molar-refractivity contribution in [2.24, 2.45) is 0 Å². The van der Waals surface area contributed by atoms with Crippen LogP contribution in [0.4, 0.5) is 0 Å². The van der Waals surface area contributed by atoms with E-state index in [0.29, 0.717) is 12.4 Å². The standard InChI is InChI=1S/C13H19NO2/c1-13(7-2-8-14-10-13)16-9-11-3-5-12(15)6-4-11/h3-6,14-15H,2,7-10H2,1H3. The van der Waals surface area contributed by atoms with Crippen molar-refractivity contribution in [2.75, 3.05) is 13.1 Å². The van der Waals surface area contributed by atoms with Gasteiger partial charge in [-0.25, -0.2) is 0 Å². The molecule has 0 bridgehead atoms. The van der Waals surface area contributed by atoms with Crippen LogP contribution < -0.4 is 5.32 Å². The average Bonchev–Trinajstić information content (AvgIpc) is 2.29. The highest BCUT2D eigenvalue weighted by Crippen LogP contribution is 2.22. The molecule has 1 aromatic rings. The first kappa shape index (κ1) is 11.4. The van der Waals surface area contributed by atoms with Crippen LogP contribution in [0, 0.1) is 0 Å². The van der Waals surface area contributed by atoms with Gasteiger partial charge >= 0.3 is 0 Å². The maximum absolute atomic E-state index is 9.17. The highest BCUT2D eigenvalue weighted by Gasteiger charge is 2.27. The summed E-state index contributed by atoms with van der Waals surface area (Å²) in [5.41, 5.74) is 1.06. The molecule has 2 rings (SSSR count). The van der Waals surface area contributed by atoms with Crippen molar-refractivity contribution in [3.8, 4) is 5.75 Å². The van der Waals surface area contributed by atoms with Gasteiger partial charge in [0.2, 0.25) is 0 Å². The summed E-state index contributed by atoms with van der Waals surface area (Å²) >= 11 is 0. The molecule has 0 aliphatic carbocycles. The van der Waals surface area contributed by atoms with Crippen molar-refractivity contribution in [1.82, 2.24) is 5.32 Å². The predicted molar refractivity (Wildman–Crippen MR) is 63.4 cm³/mol. The molecule has 1 heterocycles. The summed E-state index contributed by atoms with van der Waals surface area (Å²) in [7, 11) is 0. The molecule has 0 saturated carbocycles. The molecule has 0 amide bonds. The summed E-state index contributed by atoms with van der Waals surface area (Å²) < 4.78 is 5.95. The lowest BCUT2D eigenvalue weighted by Gasteiger charge is -2.34. The fourth-order valence-corrected chi connectivity index (χ4v) is 2.00. The van der Waals surface area contributed by atoms with Crippen molar-refractivity contribution in [2.45, 2.75) is 32.0 Å². The van der Waals surface area contributed by atoms with E-state index in [4.69, 9.17) is 4.74 Å². The number of ether oxygens (including phenoxy) is 1. The van der Waals surface area contributed by atoms with Gasteiger partial charge in [0.1, 0.15) is 5.75 Å². The van der Waals surface area contributed by atoms with Gasteiger partial charge in [-0.05, 0) is 44.0 Å². The van der Waals surface area contributed by atoms with E-state index in [-0.39, 0.29) is 5.60 Å². The van der Waals surface area contributed by atoms with E-state index in [1.54, 1.807) is 12.1 Å². The first-order chi connectivity index (χ1) is 7.68. The fraction of sp³-hybridized carbons (Fsp3) is 0.538. The van der Waals surface area contributed by atoms with Crippen LogP contribution in [0.3, 0.4) is 0 Å². The van der Waals surface area contributed by atoms with Gasteiger partial charge in [-0.1, -0.05) is 12.1 Å². The monoisotopic (exact) mass is 221 g/mol. The lowest BCUT2D eigenvalue weighted by Crippen LogP contribution is -2.45. The third-order valence-corrected chi connectivity index (χ3v) is 3.08. The smallest absolute Gasteiger partial charge is 0.115 e. The molecule has 3 heteroatoms. The molecule has 1 aromatic carbocycles.